The first-order valence-corrected chi connectivity index (χ1v) is 5.92. The van der Waals surface area contributed by atoms with Crippen molar-refractivity contribution in [3.05, 3.63) is 35.9 Å². The number of hydrogen-bond donors (Lipinski definition) is 2. The van der Waals surface area contributed by atoms with Crippen LogP contribution in [0.4, 0.5) is 30.7 Å². The lowest BCUT2D eigenvalue weighted by Gasteiger charge is -2.26. The first-order valence-electron chi connectivity index (χ1n) is 5.92. The van der Waals surface area contributed by atoms with E-state index in [1.165, 1.54) is 31.2 Å². The summed E-state index contributed by atoms with van der Waals surface area (Å²) in [5.74, 6) is -7.58. The van der Waals surface area contributed by atoms with Gasteiger partial charge in [-0.05, 0) is 12.5 Å². The minimum absolute atomic E-state index is 0.312. The Hall–Kier alpha value is -1.84. The average molecular weight is 333 g/mol. The zero-order chi connectivity index (χ0) is 17.2. The Morgan fingerprint density at radius 2 is 1.55 bits per heavy atom. The molecule has 124 valence electrons. The van der Waals surface area contributed by atoms with Gasteiger partial charge in [-0.25, -0.2) is 5.32 Å². The molecule has 0 saturated carbocycles. The molecule has 0 bridgehead atoms. The molecule has 0 aromatic heterocycles. The van der Waals surface area contributed by atoms with Crippen LogP contribution in [0.25, 0.3) is 0 Å². The molecule has 1 aromatic rings. The molecular formula is C12H12F7N2O+. The van der Waals surface area contributed by atoms with Crippen molar-refractivity contribution in [2.75, 3.05) is 0 Å². The summed E-state index contributed by atoms with van der Waals surface area (Å²) in [6.45, 7) is 1.22. The van der Waals surface area contributed by atoms with E-state index in [-0.39, 0.29) is 0 Å². The minimum atomic E-state index is -6.04. The van der Waals surface area contributed by atoms with E-state index in [1.54, 1.807) is 11.4 Å². The van der Waals surface area contributed by atoms with E-state index in [1.807, 2.05) is 0 Å². The van der Waals surface area contributed by atoms with Crippen LogP contribution in [0.15, 0.2) is 30.3 Å². The second-order valence-corrected chi connectivity index (χ2v) is 4.50. The maximum Gasteiger partial charge on any atom is 0.561 e. The van der Waals surface area contributed by atoms with Crippen molar-refractivity contribution < 1.29 is 40.8 Å². The van der Waals surface area contributed by atoms with Gasteiger partial charge in [0.15, 0.2) is 0 Å². The number of halogens is 7. The fraction of sp³-hybridized carbons (Fsp3) is 0.417. The molecule has 1 rings (SSSR count). The second kappa shape index (κ2) is 6.11. The highest BCUT2D eigenvalue weighted by Gasteiger charge is 2.70. The van der Waals surface area contributed by atoms with Crippen LogP contribution in [0.5, 0.6) is 0 Å². The lowest BCUT2D eigenvalue weighted by Crippen LogP contribution is -3.07. The maximum absolute atomic E-state index is 13.8. The quantitative estimate of drug-likeness (QED) is 0.644. The summed E-state index contributed by atoms with van der Waals surface area (Å²) in [7, 11) is 0. The molecule has 22 heavy (non-hydrogen) atoms. The van der Waals surface area contributed by atoms with Crippen LogP contribution >= 0.6 is 0 Å². The number of nitrogens with two attached hydrogens (primary N) is 1. The third kappa shape index (κ3) is 4.33. The van der Waals surface area contributed by atoms with E-state index in [0.29, 0.717) is 5.56 Å². The molecule has 3 nitrogen and oxygen atoms in total. The van der Waals surface area contributed by atoms with Crippen LogP contribution in [-0.4, -0.2) is 24.2 Å². The number of benzene rings is 1. The van der Waals surface area contributed by atoms with Crippen molar-refractivity contribution >= 4 is 5.91 Å². The lowest BCUT2D eigenvalue weighted by atomic mass is 10.1. The standard InChI is InChI=1S/C12H11F7N2O/c1-7(8-5-3-2-4-6-8)20-9(22)10(13,11(14,15)16)21-12(17,18)19/h2-7,21H,1H3,(H,20,22)/p+1/t7-,10-/m1/s1. The van der Waals surface area contributed by atoms with Crippen LogP contribution in [0.2, 0.25) is 0 Å². The number of quaternary nitrogens is 1. The Bertz CT molecular complexity index is 514. The Morgan fingerprint density at radius 3 is 1.95 bits per heavy atom. The molecule has 1 aromatic carbocycles. The molecule has 0 aliphatic rings. The second-order valence-electron chi connectivity index (χ2n) is 4.50. The highest BCUT2D eigenvalue weighted by atomic mass is 19.4. The molecule has 0 aliphatic heterocycles. The molecule has 0 radical (unpaired) electrons. The van der Waals surface area contributed by atoms with Gasteiger partial charge in [-0.1, -0.05) is 30.3 Å². The smallest absolute Gasteiger partial charge is 0.341 e. The van der Waals surface area contributed by atoms with Gasteiger partial charge in [0, 0.05) is 0 Å². The Labute approximate surface area is 120 Å². The van der Waals surface area contributed by atoms with Gasteiger partial charge in [0.05, 0.1) is 6.04 Å². The van der Waals surface area contributed by atoms with Crippen molar-refractivity contribution in [1.82, 2.24) is 5.32 Å². The van der Waals surface area contributed by atoms with Crippen LogP contribution in [-0.2, 0) is 4.79 Å². The summed E-state index contributed by atoms with van der Waals surface area (Å²) in [6.07, 6.45) is -11.7. The number of alkyl halides is 7. The van der Waals surface area contributed by atoms with Gasteiger partial charge in [0.1, 0.15) is 0 Å². The van der Waals surface area contributed by atoms with Crippen molar-refractivity contribution in [2.24, 2.45) is 0 Å². The Kier molecular flexibility index (Phi) is 5.06. The van der Waals surface area contributed by atoms with Crippen molar-refractivity contribution in [1.29, 1.82) is 0 Å². The van der Waals surface area contributed by atoms with Gasteiger partial charge in [-0.15, -0.1) is 13.2 Å². The van der Waals surface area contributed by atoms with Crippen LogP contribution < -0.4 is 10.6 Å². The SMILES string of the molecule is C[C@@H](NC(=O)[C@@](F)([NH2+]C(F)(F)F)C(F)(F)F)c1ccccc1. The number of rotatable bonds is 4. The summed E-state index contributed by atoms with van der Waals surface area (Å²) >= 11 is 0. The molecule has 0 fully saturated rings. The first-order chi connectivity index (χ1) is 9.87. The summed E-state index contributed by atoms with van der Waals surface area (Å²) in [6, 6.07) is 6.34. The minimum Gasteiger partial charge on any atom is -0.341 e. The molecule has 10 heteroatoms. The summed E-state index contributed by atoms with van der Waals surface area (Å²) in [5.41, 5.74) is 0.312. The van der Waals surface area contributed by atoms with Crippen LogP contribution in [0, 0.1) is 0 Å². The normalized spacial score (nSPS) is 16.7. The highest BCUT2D eigenvalue weighted by molar-refractivity contribution is 5.84. The third-order valence-electron chi connectivity index (χ3n) is 2.75. The van der Waals surface area contributed by atoms with Gasteiger partial charge < -0.3 is 5.32 Å². The van der Waals surface area contributed by atoms with Crippen LogP contribution in [0.3, 0.4) is 0 Å². The van der Waals surface area contributed by atoms with E-state index < -0.39 is 35.5 Å². The van der Waals surface area contributed by atoms with Gasteiger partial charge >= 0.3 is 24.2 Å². The molecule has 0 unspecified atom stereocenters. The molecule has 3 N–H and O–H groups in total. The van der Waals surface area contributed by atoms with Gasteiger partial charge in [0.2, 0.25) is 0 Å². The highest BCUT2D eigenvalue weighted by Crippen LogP contribution is 2.30. The molecule has 0 aliphatic carbocycles. The molecular weight excluding hydrogens is 321 g/mol. The fourth-order valence-electron chi connectivity index (χ4n) is 1.63. The molecule has 0 saturated heterocycles. The number of hydrogen-bond acceptors (Lipinski definition) is 1. The number of nitrogens with one attached hydrogen (secondary N) is 1. The van der Waals surface area contributed by atoms with E-state index >= 15 is 0 Å². The van der Waals surface area contributed by atoms with E-state index in [2.05, 4.69) is 0 Å². The third-order valence-corrected chi connectivity index (χ3v) is 2.75. The fourth-order valence-corrected chi connectivity index (χ4v) is 1.63. The van der Waals surface area contributed by atoms with Crippen LogP contribution in [0.1, 0.15) is 18.5 Å². The van der Waals surface area contributed by atoms with Gasteiger partial charge in [-0.2, -0.15) is 17.6 Å². The predicted octanol–water partition coefficient (Wildman–Crippen LogP) is 2.18. The topological polar surface area (TPSA) is 45.7 Å². The summed E-state index contributed by atoms with van der Waals surface area (Å²) in [5, 5.41) is -0.00340. The average Bonchev–Trinajstić information content (AvgIpc) is 2.36. The predicted molar refractivity (Wildman–Crippen MR) is 60.9 cm³/mol. The van der Waals surface area contributed by atoms with Crippen molar-refractivity contribution in [3.8, 4) is 0 Å². The summed E-state index contributed by atoms with van der Waals surface area (Å²) in [4.78, 5) is 11.4. The molecule has 0 heterocycles. The molecule has 2 atom stereocenters. The largest absolute Gasteiger partial charge is 0.561 e. The Balaban J connectivity index is 2.99. The van der Waals surface area contributed by atoms with E-state index in [0.717, 1.165) is 0 Å². The van der Waals surface area contributed by atoms with Gasteiger partial charge in [-0.3, -0.25) is 4.79 Å². The number of amides is 1. The first kappa shape index (κ1) is 18.2. The zero-order valence-corrected chi connectivity index (χ0v) is 11.1. The van der Waals surface area contributed by atoms with E-state index in [4.69, 9.17) is 0 Å². The number of carbonyl (C=O) groups excluding carboxylic acids is 1. The van der Waals surface area contributed by atoms with Crippen molar-refractivity contribution in [3.63, 3.8) is 0 Å². The molecule has 0 spiro atoms. The van der Waals surface area contributed by atoms with Crippen molar-refractivity contribution in [2.45, 2.75) is 31.2 Å². The number of carbonyl (C=O) groups is 1. The van der Waals surface area contributed by atoms with Gasteiger partial charge in [0.25, 0.3) is 0 Å². The molecule has 1 amide bonds. The summed E-state index contributed by atoms with van der Waals surface area (Å²) < 4.78 is 87.8. The Morgan fingerprint density at radius 1 is 1.05 bits per heavy atom. The maximum atomic E-state index is 13.8. The lowest BCUT2D eigenvalue weighted by molar-refractivity contribution is -0.883. The zero-order valence-electron chi connectivity index (χ0n) is 11.1. The monoisotopic (exact) mass is 333 g/mol. The van der Waals surface area contributed by atoms with E-state index in [9.17, 15) is 35.5 Å².